The van der Waals surface area contributed by atoms with E-state index in [0.29, 0.717) is 25.1 Å². The molecular weight excluding hydrogens is 287 g/mol. The zero-order valence-electron chi connectivity index (χ0n) is 11.9. The van der Waals surface area contributed by atoms with Gasteiger partial charge in [0.1, 0.15) is 5.83 Å². The lowest BCUT2D eigenvalue weighted by Gasteiger charge is -2.17. The minimum absolute atomic E-state index is 0.0882. The van der Waals surface area contributed by atoms with Crippen molar-refractivity contribution in [2.45, 2.75) is 18.9 Å². The Balaban J connectivity index is 1.92. The fraction of sp³-hybridized carbons (Fsp3) is 0.294. The molecule has 0 saturated heterocycles. The molecule has 1 unspecified atom stereocenters. The molecule has 0 amide bonds. The van der Waals surface area contributed by atoms with Gasteiger partial charge < -0.3 is 11.1 Å². The second kappa shape index (κ2) is 8.13. The summed E-state index contributed by atoms with van der Waals surface area (Å²) in [5.41, 5.74) is 7.65. The summed E-state index contributed by atoms with van der Waals surface area (Å²) >= 11 is 5.87. The van der Waals surface area contributed by atoms with Crippen LogP contribution in [0.3, 0.4) is 0 Å². The van der Waals surface area contributed by atoms with Gasteiger partial charge in [0.25, 0.3) is 0 Å². The Kier molecular flexibility index (Phi) is 6.18. The van der Waals surface area contributed by atoms with Crippen LogP contribution in [0.15, 0.2) is 60.0 Å². The molecule has 0 fully saturated rings. The number of nitrogens with two attached hydrogens (primary N) is 1. The Morgan fingerprint density at radius 2 is 2.00 bits per heavy atom. The van der Waals surface area contributed by atoms with Crippen LogP contribution < -0.4 is 11.1 Å². The van der Waals surface area contributed by atoms with Gasteiger partial charge in [0.2, 0.25) is 0 Å². The van der Waals surface area contributed by atoms with Crippen molar-refractivity contribution in [2.75, 3.05) is 13.1 Å². The Bertz CT molecular complexity index is 546. The molecule has 2 rings (SSSR count). The molecule has 0 aliphatic heterocycles. The Morgan fingerprint density at radius 1 is 1.24 bits per heavy atom. The Hall–Kier alpha value is -1.42. The molecule has 1 aliphatic rings. The molecule has 1 aliphatic carbocycles. The van der Waals surface area contributed by atoms with E-state index in [-0.39, 0.29) is 11.9 Å². The van der Waals surface area contributed by atoms with E-state index in [4.69, 9.17) is 17.3 Å². The molecule has 1 aromatic carbocycles. The first kappa shape index (κ1) is 16.0. The van der Waals surface area contributed by atoms with Gasteiger partial charge in [-0.05, 0) is 29.7 Å². The van der Waals surface area contributed by atoms with Crippen molar-refractivity contribution in [3.8, 4) is 0 Å². The van der Waals surface area contributed by atoms with E-state index in [2.05, 4.69) is 5.32 Å². The number of hydrogen-bond donors (Lipinski definition) is 2. The molecule has 0 saturated carbocycles. The Morgan fingerprint density at radius 3 is 2.71 bits per heavy atom. The normalized spacial score (nSPS) is 16.1. The average molecular weight is 307 g/mol. The molecule has 4 heteroatoms. The summed E-state index contributed by atoms with van der Waals surface area (Å²) in [4.78, 5) is 0. The number of hydrogen-bond acceptors (Lipinski definition) is 2. The van der Waals surface area contributed by atoms with Crippen molar-refractivity contribution in [1.82, 2.24) is 5.32 Å². The number of allylic oxidation sites excluding steroid dienone is 4. The summed E-state index contributed by atoms with van der Waals surface area (Å²) in [5.74, 6) is -0.0882. The van der Waals surface area contributed by atoms with E-state index in [1.807, 2.05) is 48.6 Å². The summed E-state index contributed by atoms with van der Waals surface area (Å²) in [6, 6.07) is 7.82. The molecule has 0 bridgehead atoms. The van der Waals surface area contributed by atoms with Crippen molar-refractivity contribution < 1.29 is 4.39 Å². The van der Waals surface area contributed by atoms with Crippen LogP contribution in [0.25, 0.3) is 0 Å². The van der Waals surface area contributed by atoms with Gasteiger partial charge in [0.15, 0.2) is 0 Å². The third-order valence-electron chi connectivity index (χ3n) is 3.45. The monoisotopic (exact) mass is 306 g/mol. The van der Waals surface area contributed by atoms with Crippen molar-refractivity contribution >= 4 is 11.6 Å². The van der Waals surface area contributed by atoms with Gasteiger partial charge in [-0.25, -0.2) is 4.39 Å². The quantitative estimate of drug-likeness (QED) is 0.843. The molecule has 0 radical (unpaired) electrons. The van der Waals surface area contributed by atoms with E-state index in [9.17, 15) is 4.39 Å². The van der Waals surface area contributed by atoms with Gasteiger partial charge in [-0.2, -0.15) is 0 Å². The van der Waals surface area contributed by atoms with Gasteiger partial charge in [-0.1, -0.05) is 48.0 Å². The van der Waals surface area contributed by atoms with E-state index >= 15 is 0 Å². The second-order valence-corrected chi connectivity index (χ2v) is 5.50. The van der Waals surface area contributed by atoms with Crippen molar-refractivity contribution in [3.05, 3.63) is 70.6 Å². The first-order valence-electron chi connectivity index (χ1n) is 7.07. The summed E-state index contributed by atoms with van der Waals surface area (Å²) in [6.07, 6.45) is 8.49. The smallest absolute Gasteiger partial charge is 0.108 e. The van der Waals surface area contributed by atoms with Gasteiger partial charge in [0.05, 0.1) is 0 Å². The predicted octanol–water partition coefficient (Wildman–Crippen LogP) is 3.54. The van der Waals surface area contributed by atoms with Crippen LogP contribution in [0.5, 0.6) is 0 Å². The molecule has 1 aromatic rings. The van der Waals surface area contributed by atoms with Crippen LogP contribution in [-0.4, -0.2) is 19.1 Å². The zero-order chi connectivity index (χ0) is 15.1. The summed E-state index contributed by atoms with van der Waals surface area (Å²) < 4.78 is 13.8. The lowest BCUT2D eigenvalue weighted by Crippen LogP contribution is -2.38. The number of rotatable bonds is 6. The topological polar surface area (TPSA) is 38.0 Å². The fourth-order valence-corrected chi connectivity index (χ4v) is 2.32. The molecule has 0 heterocycles. The van der Waals surface area contributed by atoms with Crippen LogP contribution in [-0.2, 0) is 6.42 Å². The van der Waals surface area contributed by atoms with Crippen LogP contribution in [0.2, 0.25) is 5.02 Å². The van der Waals surface area contributed by atoms with Crippen molar-refractivity contribution in [1.29, 1.82) is 0 Å². The van der Waals surface area contributed by atoms with E-state index in [0.717, 1.165) is 17.0 Å². The average Bonchev–Trinajstić information content (AvgIpc) is 2.70. The standard InChI is InChI=1S/C17H20ClFN2/c18-15-8-6-13(7-9-15)10-16(11-20)21-12-14-4-2-1-3-5-17(14)19/h1-4,6-9,16,21H,5,10-12,20H2. The third-order valence-corrected chi connectivity index (χ3v) is 3.70. The minimum atomic E-state index is -0.0882. The second-order valence-electron chi connectivity index (χ2n) is 5.07. The largest absolute Gasteiger partial charge is 0.329 e. The lowest BCUT2D eigenvalue weighted by atomic mass is 10.1. The highest BCUT2D eigenvalue weighted by molar-refractivity contribution is 6.30. The summed E-state index contributed by atoms with van der Waals surface area (Å²) in [6.45, 7) is 0.985. The first-order valence-corrected chi connectivity index (χ1v) is 7.45. The highest BCUT2D eigenvalue weighted by Gasteiger charge is 2.10. The van der Waals surface area contributed by atoms with Gasteiger partial charge in [0, 0.05) is 30.6 Å². The predicted molar refractivity (Wildman–Crippen MR) is 87.0 cm³/mol. The minimum Gasteiger partial charge on any atom is -0.329 e. The number of benzene rings is 1. The molecule has 112 valence electrons. The maximum Gasteiger partial charge on any atom is 0.108 e. The van der Waals surface area contributed by atoms with Crippen LogP contribution in [0.1, 0.15) is 12.0 Å². The fourth-order valence-electron chi connectivity index (χ4n) is 2.20. The highest BCUT2D eigenvalue weighted by Crippen LogP contribution is 2.16. The summed E-state index contributed by atoms with van der Waals surface area (Å²) in [5, 5.41) is 4.05. The molecular formula is C17H20ClFN2. The summed E-state index contributed by atoms with van der Waals surface area (Å²) in [7, 11) is 0. The van der Waals surface area contributed by atoms with Crippen molar-refractivity contribution in [3.63, 3.8) is 0 Å². The zero-order valence-corrected chi connectivity index (χ0v) is 12.6. The van der Waals surface area contributed by atoms with Crippen molar-refractivity contribution in [2.24, 2.45) is 5.73 Å². The van der Waals surface area contributed by atoms with Crippen LogP contribution >= 0.6 is 11.6 Å². The van der Waals surface area contributed by atoms with E-state index in [1.54, 1.807) is 0 Å². The van der Waals surface area contributed by atoms with Crippen LogP contribution in [0, 0.1) is 0 Å². The maximum absolute atomic E-state index is 13.8. The SMILES string of the molecule is NCC(Cc1ccc(Cl)cc1)NCC1=C(F)CC=CC=C1. The van der Waals surface area contributed by atoms with Gasteiger partial charge in [-0.15, -0.1) is 0 Å². The van der Waals surface area contributed by atoms with E-state index < -0.39 is 0 Å². The van der Waals surface area contributed by atoms with Gasteiger partial charge >= 0.3 is 0 Å². The molecule has 0 spiro atoms. The molecule has 2 nitrogen and oxygen atoms in total. The first-order chi connectivity index (χ1) is 10.2. The Labute approximate surface area is 130 Å². The van der Waals surface area contributed by atoms with Crippen LogP contribution in [0.4, 0.5) is 4.39 Å². The molecule has 1 atom stereocenters. The molecule has 21 heavy (non-hydrogen) atoms. The highest BCUT2D eigenvalue weighted by atomic mass is 35.5. The van der Waals surface area contributed by atoms with E-state index in [1.165, 1.54) is 0 Å². The molecule has 3 N–H and O–H groups in total. The maximum atomic E-state index is 13.8. The molecule has 0 aromatic heterocycles. The number of halogens is 2. The number of nitrogens with one attached hydrogen (secondary N) is 1. The lowest BCUT2D eigenvalue weighted by molar-refractivity contribution is 0.530. The third kappa shape index (κ3) is 5.12. The van der Waals surface area contributed by atoms with Gasteiger partial charge in [-0.3, -0.25) is 0 Å².